The fraction of sp³-hybridized carbons (Fsp3) is 0.167. The maximum absolute atomic E-state index is 11.9. The van der Waals surface area contributed by atoms with E-state index in [1.165, 1.54) is 0 Å². The van der Waals surface area contributed by atoms with Crippen molar-refractivity contribution in [1.29, 1.82) is 0 Å². The molecule has 1 aromatic heterocycles. The summed E-state index contributed by atoms with van der Waals surface area (Å²) in [6.45, 7) is 2.03. The van der Waals surface area contributed by atoms with E-state index in [1.807, 2.05) is 42.5 Å². The van der Waals surface area contributed by atoms with E-state index in [4.69, 9.17) is 5.73 Å². The van der Waals surface area contributed by atoms with Gasteiger partial charge in [0.15, 0.2) is 0 Å². The molecule has 0 saturated carbocycles. The molecule has 24 heavy (non-hydrogen) atoms. The first-order valence-corrected chi connectivity index (χ1v) is 7.66. The average molecular weight is 322 g/mol. The monoisotopic (exact) mass is 322 g/mol. The standard InChI is InChI=1S/C18H18N4O2/c1-11(19)17(23)20-10-12-5-4-6-13(9-12)16-14-7-2-3-8-15(14)18(24)22-21-16/h2-9,11H,10,19H2,1H3,(H,20,23)(H,22,24). The van der Waals surface area contributed by atoms with Gasteiger partial charge in [0.25, 0.3) is 5.56 Å². The molecule has 4 N–H and O–H groups in total. The first-order valence-electron chi connectivity index (χ1n) is 7.66. The summed E-state index contributed by atoms with van der Waals surface area (Å²) >= 11 is 0. The van der Waals surface area contributed by atoms with Crippen molar-refractivity contribution in [1.82, 2.24) is 15.5 Å². The summed E-state index contributed by atoms with van der Waals surface area (Å²) in [5.74, 6) is -0.201. The number of hydrogen-bond acceptors (Lipinski definition) is 4. The zero-order valence-electron chi connectivity index (χ0n) is 13.2. The highest BCUT2D eigenvalue weighted by Crippen LogP contribution is 2.24. The number of H-pyrrole nitrogens is 1. The molecule has 1 atom stereocenters. The number of hydrogen-bond donors (Lipinski definition) is 3. The van der Waals surface area contributed by atoms with Gasteiger partial charge in [-0.05, 0) is 24.6 Å². The number of rotatable bonds is 4. The van der Waals surface area contributed by atoms with Crippen molar-refractivity contribution in [3.05, 3.63) is 64.4 Å². The SMILES string of the molecule is CC(N)C(=O)NCc1cccc(-c2n[nH]c(=O)c3ccccc23)c1. The number of fused-ring (bicyclic) bond motifs is 1. The Balaban J connectivity index is 1.97. The predicted molar refractivity (Wildman–Crippen MR) is 93.3 cm³/mol. The predicted octanol–water partition coefficient (Wildman–Crippen LogP) is 1.55. The zero-order chi connectivity index (χ0) is 17.1. The largest absolute Gasteiger partial charge is 0.351 e. The molecule has 122 valence electrons. The number of nitrogens with zero attached hydrogens (tertiary/aromatic N) is 1. The second-order valence-electron chi connectivity index (χ2n) is 5.65. The van der Waals surface area contributed by atoms with E-state index < -0.39 is 6.04 Å². The molecule has 2 aromatic carbocycles. The molecule has 0 saturated heterocycles. The molecule has 6 heteroatoms. The number of carbonyl (C=O) groups excluding carboxylic acids is 1. The molecule has 0 spiro atoms. The number of nitrogens with two attached hydrogens (primary N) is 1. The number of aromatic amines is 1. The van der Waals surface area contributed by atoms with E-state index >= 15 is 0 Å². The molecule has 6 nitrogen and oxygen atoms in total. The molecule has 0 aliphatic heterocycles. The van der Waals surface area contributed by atoms with Crippen LogP contribution in [0.25, 0.3) is 22.0 Å². The van der Waals surface area contributed by atoms with Crippen LogP contribution in [0, 0.1) is 0 Å². The Morgan fingerprint density at radius 2 is 1.96 bits per heavy atom. The van der Waals surface area contributed by atoms with Gasteiger partial charge in [0, 0.05) is 17.5 Å². The molecule has 1 unspecified atom stereocenters. The van der Waals surface area contributed by atoms with Gasteiger partial charge in [0.1, 0.15) is 0 Å². The second-order valence-corrected chi connectivity index (χ2v) is 5.65. The summed E-state index contributed by atoms with van der Waals surface area (Å²) in [6.07, 6.45) is 0. The molecule has 1 amide bonds. The van der Waals surface area contributed by atoms with Crippen LogP contribution in [0.3, 0.4) is 0 Å². The minimum atomic E-state index is -0.544. The Labute approximate surface area is 138 Å². The number of benzene rings is 2. The van der Waals surface area contributed by atoms with Crippen LogP contribution in [-0.2, 0) is 11.3 Å². The Morgan fingerprint density at radius 3 is 2.71 bits per heavy atom. The quantitative estimate of drug-likeness (QED) is 0.678. The number of aromatic nitrogens is 2. The Hall–Kier alpha value is -2.99. The molecular weight excluding hydrogens is 304 g/mol. The van der Waals surface area contributed by atoms with Crippen LogP contribution in [0.5, 0.6) is 0 Å². The lowest BCUT2D eigenvalue weighted by Crippen LogP contribution is -2.37. The van der Waals surface area contributed by atoms with Crippen LogP contribution in [0.4, 0.5) is 0 Å². The Bertz CT molecular complexity index is 947. The summed E-state index contributed by atoms with van der Waals surface area (Å²) in [5.41, 5.74) is 7.83. The molecule has 1 heterocycles. The lowest BCUT2D eigenvalue weighted by atomic mass is 10.0. The zero-order valence-corrected chi connectivity index (χ0v) is 13.2. The van der Waals surface area contributed by atoms with Crippen LogP contribution in [-0.4, -0.2) is 22.1 Å². The van der Waals surface area contributed by atoms with Crippen molar-refractivity contribution in [3.63, 3.8) is 0 Å². The fourth-order valence-corrected chi connectivity index (χ4v) is 2.51. The summed E-state index contributed by atoms with van der Waals surface area (Å²) in [5, 5.41) is 10.9. The molecular formula is C18H18N4O2. The average Bonchev–Trinajstić information content (AvgIpc) is 2.60. The molecule has 0 aliphatic carbocycles. The lowest BCUT2D eigenvalue weighted by molar-refractivity contribution is -0.122. The maximum atomic E-state index is 11.9. The second kappa shape index (κ2) is 6.64. The third kappa shape index (κ3) is 3.18. The van der Waals surface area contributed by atoms with Gasteiger partial charge in [-0.25, -0.2) is 5.10 Å². The van der Waals surface area contributed by atoms with Crippen LogP contribution in [0.15, 0.2) is 53.3 Å². The number of amides is 1. The van der Waals surface area contributed by atoms with E-state index in [0.29, 0.717) is 17.6 Å². The van der Waals surface area contributed by atoms with E-state index in [9.17, 15) is 9.59 Å². The van der Waals surface area contributed by atoms with Gasteiger partial charge in [0.05, 0.1) is 17.1 Å². The van der Waals surface area contributed by atoms with Crippen molar-refractivity contribution < 1.29 is 4.79 Å². The van der Waals surface area contributed by atoms with Gasteiger partial charge >= 0.3 is 0 Å². The van der Waals surface area contributed by atoms with E-state index in [-0.39, 0.29) is 11.5 Å². The van der Waals surface area contributed by atoms with Crippen LogP contribution in [0.1, 0.15) is 12.5 Å². The molecule has 0 radical (unpaired) electrons. The van der Waals surface area contributed by atoms with Crippen LogP contribution >= 0.6 is 0 Å². The normalized spacial score (nSPS) is 12.1. The van der Waals surface area contributed by atoms with Gasteiger partial charge in [-0.15, -0.1) is 0 Å². The minimum Gasteiger partial charge on any atom is -0.351 e. The van der Waals surface area contributed by atoms with Crippen LogP contribution in [0.2, 0.25) is 0 Å². The fourth-order valence-electron chi connectivity index (χ4n) is 2.51. The van der Waals surface area contributed by atoms with Crippen molar-refractivity contribution in [3.8, 4) is 11.3 Å². The minimum absolute atomic E-state index is 0.201. The Morgan fingerprint density at radius 1 is 1.21 bits per heavy atom. The summed E-state index contributed by atoms with van der Waals surface area (Å²) in [6, 6.07) is 14.5. The highest BCUT2D eigenvalue weighted by molar-refractivity contribution is 5.93. The van der Waals surface area contributed by atoms with E-state index in [1.54, 1.807) is 13.0 Å². The van der Waals surface area contributed by atoms with Crippen molar-refractivity contribution >= 4 is 16.7 Å². The first kappa shape index (κ1) is 15.9. The molecule has 0 aliphatic rings. The number of carbonyl (C=O) groups is 1. The molecule has 0 fully saturated rings. The van der Waals surface area contributed by atoms with Crippen molar-refractivity contribution in [2.45, 2.75) is 19.5 Å². The van der Waals surface area contributed by atoms with Crippen LogP contribution < -0.4 is 16.6 Å². The smallest absolute Gasteiger partial charge is 0.272 e. The summed E-state index contributed by atoms with van der Waals surface area (Å²) in [7, 11) is 0. The molecule has 0 bridgehead atoms. The van der Waals surface area contributed by atoms with Crippen molar-refractivity contribution in [2.24, 2.45) is 5.73 Å². The first-order chi connectivity index (χ1) is 11.6. The lowest BCUT2D eigenvalue weighted by Gasteiger charge is -2.10. The summed E-state index contributed by atoms with van der Waals surface area (Å²) in [4.78, 5) is 23.5. The molecule has 3 aromatic rings. The highest BCUT2D eigenvalue weighted by Gasteiger charge is 2.10. The van der Waals surface area contributed by atoms with Gasteiger partial charge < -0.3 is 11.1 Å². The van der Waals surface area contributed by atoms with E-state index in [2.05, 4.69) is 15.5 Å². The van der Waals surface area contributed by atoms with Crippen molar-refractivity contribution in [2.75, 3.05) is 0 Å². The van der Waals surface area contributed by atoms with Gasteiger partial charge in [-0.3, -0.25) is 9.59 Å². The van der Waals surface area contributed by atoms with E-state index in [0.717, 1.165) is 16.5 Å². The highest BCUT2D eigenvalue weighted by atomic mass is 16.2. The third-order valence-corrected chi connectivity index (χ3v) is 3.78. The van der Waals surface area contributed by atoms with Gasteiger partial charge in [-0.2, -0.15) is 5.10 Å². The van der Waals surface area contributed by atoms with Gasteiger partial charge in [-0.1, -0.05) is 36.4 Å². The van der Waals surface area contributed by atoms with Gasteiger partial charge in [0.2, 0.25) is 5.91 Å². The Kier molecular flexibility index (Phi) is 4.39. The topological polar surface area (TPSA) is 101 Å². The number of nitrogens with one attached hydrogen (secondary N) is 2. The maximum Gasteiger partial charge on any atom is 0.272 e. The third-order valence-electron chi connectivity index (χ3n) is 3.78. The molecule has 3 rings (SSSR count). The summed E-state index contributed by atoms with van der Waals surface area (Å²) < 4.78 is 0.